The molecule has 0 radical (unpaired) electrons. The molecule has 0 atom stereocenters. The Kier molecular flexibility index (Phi) is 7.99. The highest BCUT2D eigenvalue weighted by molar-refractivity contribution is 6.25. The maximum absolute atomic E-state index is 12.6. The predicted molar refractivity (Wildman–Crippen MR) is 309 cm³/mol. The van der Waals surface area contributed by atoms with Crippen molar-refractivity contribution >= 4 is 137 Å². The molecule has 76 heavy (non-hydrogen) atoms. The zero-order chi connectivity index (χ0) is 49.9. The zero-order valence-electron chi connectivity index (χ0n) is 40.3. The SMILES string of the molecule is [C-]#[N+]c1c(-n2c3ccccc3c3ccccc32)c(C#N)c(-n2c3ccccc3c3ccc4c5ccccc5oc4c32)c(-n2c3ccccc3c3ccccc32)c1-n1c2ccccc2c2ccc3c4ccccc4oc3c21. The summed E-state index contributed by atoms with van der Waals surface area (Å²) in [5.41, 5.74) is 12.8. The van der Waals surface area contributed by atoms with Crippen molar-refractivity contribution in [3.8, 4) is 28.8 Å². The number of rotatable bonds is 4. The van der Waals surface area contributed by atoms with Gasteiger partial charge in [0.15, 0.2) is 11.2 Å². The Bertz CT molecular complexity index is 5190. The average molecular weight is 969 g/mol. The number of hydrogen-bond acceptors (Lipinski definition) is 3. The van der Waals surface area contributed by atoms with Crippen molar-refractivity contribution < 1.29 is 8.83 Å². The van der Waals surface area contributed by atoms with E-state index < -0.39 is 0 Å². The van der Waals surface area contributed by atoms with E-state index in [0.717, 1.165) is 120 Å². The van der Waals surface area contributed by atoms with E-state index in [-0.39, 0.29) is 0 Å². The van der Waals surface area contributed by atoms with Crippen molar-refractivity contribution in [1.29, 1.82) is 5.26 Å². The molecule has 0 aliphatic carbocycles. The minimum atomic E-state index is 0.300. The van der Waals surface area contributed by atoms with E-state index in [1.807, 2.05) is 48.5 Å². The van der Waals surface area contributed by atoms with Crippen LogP contribution in [0.15, 0.2) is 227 Å². The van der Waals surface area contributed by atoms with Crippen molar-refractivity contribution in [3.63, 3.8) is 0 Å². The first-order chi connectivity index (χ1) is 37.7. The van der Waals surface area contributed by atoms with Gasteiger partial charge in [-0.2, -0.15) is 5.26 Å². The molecule has 0 amide bonds. The topological polar surface area (TPSA) is 74.2 Å². The number of furan rings is 2. The molecule has 6 heterocycles. The molecule has 8 heteroatoms. The van der Waals surface area contributed by atoms with E-state index in [1.165, 1.54) is 0 Å². The highest BCUT2D eigenvalue weighted by atomic mass is 16.3. The monoisotopic (exact) mass is 968 g/mol. The van der Waals surface area contributed by atoms with Crippen molar-refractivity contribution in [2.75, 3.05) is 0 Å². The summed E-state index contributed by atoms with van der Waals surface area (Å²) >= 11 is 0. The summed E-state index contributed by atoms with van der Waals surface area (Å²) in [5.74, 6) is 0. The number of fused-ring (bicyclic) bond motifs is 20. The lowest BCUT2D eigenvalue weighted by atomic mass is 10.0. The molecule has 0 aliphatic rings. The molecular weight excluding hydrogens is 933 g/mol. The molecule has 17 rings (SSSR count). The molecule has 0 saturated heterocycles. The van der Waals surface area contributed by atoms with Crippen molar-refractivity contribution in [3.05, 3.63) is 235 Å². The van der Waals surface area contributed by atoms with Crippen LogP contribution in [-0.2, 0) is 0 Å². The lowest BCUT2D eigenvalue weighted by molar-refractivity contribution is 0.671. The molecule has 350 valence electrons. The summed E-state index contributed by atoms with van der Waals surface area (Å²) in [6.07, 6.45) is 0. The first-order valence-corrected chi connectivity index (χ1v) is 25.4. The molecule has 0 unspecified atom stereocenters. The normalized spacial score (nSPS) is 12.2. The van der Waals surface area contributed by atoms with Gasteiger partial charge in [-0.25, -0.2) is 4.85 Å². The molecule has 11 aromatic carbocycles. The molecule has 0 bridgehead atoms. The van der Waals surface area contributed by atoms with Crippen LogP contribution in [0.1, 0.15) is 5.56 Å². The third-order valence-corrected chi connectivity index (χ3v) is 16.0. The summed E-state index contributed by atoms with van der Waals surface area (Å²) in [6, 6.07) is 78.4. The third-order valence-electron chi connectivity index (χ3n) is 16.0. The van der Waals surface area contributed by atoms with E-state index in [1.54, 1.807) is 0 Å². The first-order valence-electron chi connectivity index (χ1n) is 25.4. The number of aromatic nitrogens is 4. The largest absolute Gasteiger partial charge is 0.454 e. The van der Waals surface area contributed by atoms with E-state index in [2.05, 4.69) is 194 Å². The number of hydrogen-bond donors (Lipinski definition) is 0. The van der Waals surface area contributed by atoms with Crippen molar-refractivity contribution in [2.24, 2.45) is 0 Å². The first kappa shape index (κ1) is 40.8. The van der Waals surface area contributed by atoms with Crippen molar-refractivity contribution in [1.82, 2.24) is 18.3 Å². The van der Waals surface area contributed by atoms with Gasteiger partial charge in [-0.1, -0.05) is 158 Å². The van der Waals surface area contributed by atoms with Gasteiger partial charge in [0.25, 0.3) is 0 Å². The van der Waals surface area contributed by atoms with E-state index in [4.69, 9.17) is 13.7 Å². The second-order valence-electron chi connectivity index (χ2n) is 19.7. The summed E-state index contributed by atoms with van der Waals surface area (Å²) in [6.45, 7) is 9.84. The second-order valence-corrected chi connectivity index (χ2v) is 19.7. The molecule has 0 aliphatic heterocycles. The number of benzene rings is 11. The summed E-state index contributed by atoms with van der Waals surface area (Å²) in [5, 5.41) is 24.6. The molecule has 0 fully saturated rings. The minimum absolute atomic E-state index is 0.300. The fraction of sp³-hybridized carbons (Fsp3) is 0. The van der Waals surface area contributed by atoms with Gasteiger partial charge in [0.2, 0.25) is 5.69 Å². The van der Waals surface area contributed by atoms with Crippen molar-refractivity contribution in [2.45, 2.75) is 0 Å². The quantitative estimate of drug-likeness (QED) is 0.165. The van der Waals surface area contributed by atoms with Crippen LogP contribution in [0.5, 0.6) is 0 Å². The van der Waals surface area contributed by atoms with E-state index >= 15 is 0 Å². The summed E-state index contributed by atoms with van der Waals surface area (Å²) < 4.78 is 23.2. The van der Waals surface area contributed by atoms with Gasteiger partial charge in [-0.05, 0) is 60.7 Å². The fourth-order valence-corrected chi connectivity index (χ4v) is 13.0. The molecule has 0 N–H and O–H groups in total. The Morgan fingerprint density at radius 3 is 1.03 bits per heavy atom. The summed E-state index contributed by atoms with van der Waals surface area (Å²) in [4.78, 5) is 4.78. The van der Waals surface area contributed by atoms with E-state index in [9.17, 15) is 11.8 Å². The Morgan fingerprint density at radius 1 is 0.316 bits per heavy atom. The van der Waals surface area contributed by atoms with Crippen LogP contribution in [0.25, 0.3) is 159 Å². The van der Waals surface area contributed by atoms with Gasteiger partial charge in [0.05, 0.1) is 79.0 Å². The van der Waals surface area contributed by atoms with Crippen LogP contribution in [0.4, 0.5) is 5.69 Å². The Balaban J connectivity index is 1.23. The van der Waals surface area contributed by atoms with Crippen LogP contribution < -0.4 is 0 Å². The van der Waals surface area contributed by atoms with E-state index in [0.29, 0.717) is 45.2 Å². The Labute approximate surface area is 431 Å². The molecule has 6 aromatic heterocycles. The lowest BCUT2D eigenvalue weighted by Gasteiger charge is -2.27. The Morgan fingerprint density at radius 2 is 0.632 bits per heavy atom. The van der Waals surface area contributed by atoms with Crippen LogP contribution in [0.2, 0.25) is 0 Å². The fourth-order valence-electron chi connectivity index (χ4n) is 13.0. The highest BCUT2D eigenvalue weighted by Crippen LogP contribution is 2.53. The predicted octanol–water partition coefficient (Wildman–Crippen LogP) is 18.3. The van der Waals surface area contributed by atoms with Gasteiger partial charge in [0.1, 0.15) is 17.2 Å². The van der Waals surface area contributed by atoms with Crippen LogP contribution in [0, 0.1) is 17.9 Å². The maximum atomic E-state index is 12.6. The van der Waals surface area contributed by atoms with Crippen LogP contribution in [0.3, 0.4) is 0 Å². The molecule has 0 spiro atoms. The Hall–Kier alpha value is -10.8. The molecular formula is C68H36N6O2. The maximum Gasteiger partial charge on any atom is 0.237 e. The molecule has 0 saturated carbocycles. The molecule has 8 nitrogen and oxygen atoms in total. The van der Waals surface area contributed by atoms with Gasteiger partial charge in [0, 0.05) is 64.6 Å². The minimum Gasteiger partial charge on any atom is -0.454 e. The standard InChI is InChI=1S/C68H36N6O2/c1-70-60-61(71-52-26-10-2-18-39(52)40-19-3-11-27-53(40)71)51(38-69)62(73-56-30-14-6-22-43(56)47-34-36-49-45-24-8-16-32-58(45)75-67(49)63(47)73)66(72-54-28-12-4-20-41(54)42-21-5-13-29-55(42)72)65(60)74-57-31-15-7-23-44(57)48-35-37-50-46-25-9-17-33-59(46)76-68(50)64(48)74/h2-37H. The second kappa shape index (κ2) is 14.9. The van der Waals surface area contributed by atoms with Gasteiger partial charge < -0.3 is 27.1 Å². The summed E-state index contributed by atoms with van der Waals surface area (Å²) in [7, 11) is 0. The van der Waals surface area contributed by atoms with Crippen LogP contribution in [-0.4, -0.2) is 18.3 Å². The molecule has 17 aromatic rings. The lowest BCUT2D eigenvalue weighted by Crippen LogP contribution is -2.14. The smallest absolute Gasteiger partial charge is 0.237 e. The number of nitrogens with zero attached hydrogens (tertiary/aromatic N) is 6. The van der Waals surface area contributed by atoms with Gasteiger partial charge >= 0.3 is 0 Å². The number of para-hydroxylation sites is 8. The average Bonchev–Trinajstić information content (AvgIpc) is 4.48. The van der Waals surface area contributed by atoms with Gasteiger partial charge in [-0.3, -0.25) is 0 Å². The van der Waals surface area contributed by atoms with Crippen LogP contribution >= 0.6 is 0 Å². The highest BCUT2D eigenvalue weighted by Gasteiger charge is 2.36. The number of nitriles is 1. The van der Waals surface area contributed by atoms with Gasteiger partial charge in [-0.15, -0.1) is 0 Å². The zero-order valence-corrected chi connectivity index (χ0v) is 40.3. The third kappa shape index (κ3) is 5.09.